The highest BCUT2D eigenvalue weighted by Crippen LogP contribution is 2.14. The van der Waals surface area contributed by atoms with Crippen LogP contribution >= 0.6 is 0 Å². The lowest BCUT2D eigenvalue weighted by Crippen LogP contribution is -1.80. The third-order valence-corrected chi connectivity index (χ3v) is 2.63. The molecule has 0 N–H and O–H groups in total. The van der Waals surface area contributed by atoms with Crippen molar-refractivity contribution in [3.05, 3.63) is 77.5 Å². The Bertz CT molecular complexity index is 539. The Kier molecular flexibility index (Phi) is 4.37. The predicted octanol–water partition coefficient (Wildman–Crippen LogP) is 4.47. The average Bonchev–Trinajstić information content (AvgIpc) is 2.45. The van der Waals surface area contributed by atoms with Crippen LogP contribution in [-0.2, 0) is 4.74 Å². The van der Waals surface area contributed by atoms with E-state index < -0.39 is 0 Å². The van der Waals surface area contributed by atoms with Gasteiger partial charge in [-0.15, -0.1) is 0 Å². The van der Waals surface area contributed by atoms with E-state index >= 15 is 0 Å². The fraction of sp³-hybridized carbons (Fsp3) is 0.0588. The van der Waals surface area contributed by atoms with E-state index in [4.69, 9.17) is 4.74 Å². The van der Waals surface area contributed by atoms with Crippen LogP contribution in [0.5, 0.6) is 0 Å². The molecule has 0 atom stereocenters. The molecule has 0 aliphatic carbocycles. The Morgan fingerprint density at radius 3 is 2.00 bits per heavy atom. The number of hydrogen-bond acceptors (Lipinski definition) is 1. The average molecular weight is 236 g/mol. The quantitative estimate of drug-likeness (QED) is 0.562. The molecule has 0 saturated heterocycles. The maximum Gasteiger partial charge on any atom is 0.0830 e. The first kappa shape index (κ1) is 12.2. The first-order valence-electron chi connectivity index (χ1n) is 5.91. The molecule has 2 aromatic carbocycles. The van der Waals surface area contributed by atoms with Crippen LogP contribution in [0, 0.1) is 0 Å². The largest absolute Gasteiger partial charge is 0.504 e. The molecule has 0 spiro atoms. The third kappa shape index (κ3) is 3.36. The second kappa shape index (κ2) is 6.45. The first-order chi connectivity index (χ1) is 8.90. The van der Waals surface area contributed by atoms with Gasteiger partial charge in [0.2, 0.25) is 0 Å². The number of rotatable bonds is 4. The molecule has 90 valence electrons. The van der Waals surface area contributed by atoms with Crippen LogP contribution in [0.2, 0.25) is 0 Å². The molecule has 0 unspecified atom stereocenters. The molecule has 0 fully saturated rings. The van der Waals surface area contributed by atoms with Crippen molar-refractivity contribution in [1.82, 2.24) is 0 Å². The molecule has 0 aliphatic heterocycles. The lowest BCUT2D eigenvalue weighted by atomic mass is 10.1. The Morgan fingerprint density at radius 2 is 1.33 bits per heavy atom. The number of hydrogen-bond donors (Lipinski definition) is 0. The summed E-state index contributed by atoms with van der Waals surface area (Å²) in [5.74, 6) is 0. The fourth-order valence-corrected chi connectivity index (χ4v) is 1.71. The van der Waals surface area contributed by atoms with E-state index in [1.807, 2.05) is 36.4 Å². The van der Waals surface area contributed by atoms with Gasteiger partial charge >= 0.3 is 0 Å². The van der Waals surface area contributed by atoms with E-state index in [1.165, 1.54) is 11.1 Å². The highest BCUT2D eigenvalue weighted by atomic mass is 16.5. The van der Waals surface area contributed by atoms with E-state index in [1.54, 1.807) is 13.4 Å². The van der Waals surface area contributed by atoms with Crippen LogP contribution in [0.15, 0.2) is 60.9 Å². The highest BCUT2D eigenvalue weighted by Gasteiger charge is 1.94. The summed E-state index contributed by atoms with van der Waals surface area (Å²) in [5.41, 5.74) is 3.52. The van der Waals surface area contributed by atoms with Gasteiger partial charge in [0.25, 0.3) is 0 Å². The molecule has 0 aromatic heterocycles. The lowest BCUT2D eigenvalue weighted by Gasteiger charge is -2.00. The Morgan fingerprint density at radius 1 is 0.722 bits per heavy atom. The minimum absolute atomic E-state index is 1.14. The molecule has 0 heterocycles. The van der Waals surface area contributed by atoms with Crippen LogP contribution in [0.1, 0.15) is 16.7 Å². The maximum atomic E-state index is 4.96. The van der Waals surface area contributed by atoms with Gasteiger partial charge in [-0.3, -0.25) is 0 Å². The SMILES string of the molecule is CO/C=C/c1ccccc1/C=C/c1ccccc1. The van der Waals surface area contributed by atoms with Crippen LogP contribution in [0.3, 0.4) is 0 Å². The second-order valence-electron chi connectivity index (χ2n) is 3.91. The van der Waals surface area contributed by atoms with Crippen LogP contribution < -0.4 is 0 Å². The molecule has 2 rings (SSSR count). The van der Waals surface area contributed by atoms with Crippen molar-refractivity contribution in [3.8, 4) is 0 Å². The lowest BCUT2D eigenvalue weighted by molar-refractivity contribution is 0.341. The summed E-state index contributed by atoms with van der Waals surface area (Å²) in [5, 5.41) is 0. The third-order valence-electron chi connectivity index (χ3n) is 2.63. The highest BCUT2D eigenvalue weighted by molar-refractivity contribution is 5.74. The van der Waals surface area contributed by atoms with E-state index in [0.29, 0.717) is 0 Å². The summed E-state index contributed by atoms with van der Waals surface area (Å²) in [6.07, 6.45) is 7.88. The Balaban J connectivity index is 2.24. The van der Waals surface area contributed by atoms with E-state index in [0.717, 1.165) is 5.56 Å². The maximum absolute atomic E-state index is 4.96. The van der Waals surface area contributed by atoms with Crippen molar-refractivity contribution in [1.29, 1.82) is 0 Å². The molecule has 0 bridgehead atoms. The van der Waals surface area contributed by atoms with Crippen LogP contribution in [-0.4, -0.2) is 7.11 Å². The first-order valence-corrected chi connectivity index (χ1v) is 5.91. The van der Waals surface area contributed by atoms with Crippen molar-refractivity contribution in [2.24, 2.45) is 0 Å². The van der Waals surface area contributed by atoms with E-state index in [9.17, 15) is 0 Å². The van der Waals surface area contributed by atoms with Gasteiger partial charge in [-0.05, 0) is 22.8 Å². The van der Waals surface area contributed by atoms with Gasteiger partial charge < -0.3 is 4.74 Å². The van der Waals surface area contributed by atoms with Crippen molar-refractivity contribution >= 4 is 18.2 Å². The molecular weight excluding hydrogens is 220 g/mol. The zero-order chi connectivity index (χ0) is 12.6. The van der Waals surface area contributed by atoms with Crippen molar-refractivity contribution in [3.63, 3.8) is 0 Å². The number of ether oxygens (including phenoxy) is 1. The molecule has 0 amide bonds. The molecule has 1 nitrogen and oxygen atoms in total. The van der Waals surface area contributed by atoms with Crippen molar-refractivity contribution in [2.45, 2.75) is 0 Å². The van der Waals surface area contributed by atoms with Gasteiger partial charge in [0.15, 0.2) is 0 Å². The molecule has 18 heavy (non-hydrogen) atoms. The number of methoxy groups -OCH3 is 1. The van der Waals surface area contributed by atoms with Gasteiger partial charge in [-0.1, -0.05) is 66.7 Å². The van der Waals surface area contributed by atoms with Crippen molar-refractivity contribution < 1.29 is 4.74 Å². The topological polar surface area (TPSA) is 9.23 Å². The van der Waals surface area contributed by atoms with E-state index in [2.05, 4.69) is 36.4 Å². The molecule has 2 aromatic rings. The van der Waals surface area contributed by atoms with Gasteiger partial charge in [-0.25, -0.2) is 0 Å². The minimum atomic E-state index is 1.14. The zero-order valence-electron chi connectivity index (χ0n) is 10.4. The molecular formula is C17H16O. The Labute approximate surface area is 108 Å². The van der Waals surface area contributed by atoms with Crippen LogP contribution in [0.4, 0.5) is 0 Å². The zero-order valence-corrected chi connectivity index (χ0v) is 10.4. The summed E-state index contributed by atoms with van der Waals surface area (Å²) < 4.78 is 4.96. The fourth-order valence-electron chi connectivity index (χ4n) is 1.71. The predicted molar refractivity (Wildman–Crippen MR) is 77.9 cm³/mol. The summed E-state index contributed by atoms with van der Waals surface area (Å²) in [7, 11) is 1.65. The van der Waals surface area contributed by atoms with Crippen molar-refractivity contribution in [2.75, 3.05) is 7.11 Å². The van der Waals surface area contributed by atoms with Gasteiger partial charge in [0.1, 0.15) is 0 Å². The summed E-state index contributed by atoms with van der Waals surface area (Å²) in [6.45, 7) is 0. The summed E-state index contributed by atoms with van der Waals surface area (Å²) in [6, 6.07) is 18.5. The monoisotopic (exact) mass is 236 g/mol. The molecule has 1 heteroatoms. The Hall–Kier alpha value is -2.28. The summed E-state index contributed by atoms with van der Waals surface area (Å²) >= 11 is 0. The second-order valence-corrected chi connectivity index (χ2v) is 3.91. The smallest absolute Gasteiger partial charge is 0.0830 e. The molecule has 0 saturated carbocycles. The van der Waals surface area contributed by atoms with Gasteiger partial charge in [0, 0.05) is 0 Å². The van der Waals surface area contributed by atoms with E-state index in [-0.39, 0.29) is 0 Å². The van der Waals surface area contributed by atoms with Gasteiger partial charge in [0.05, 0.1) is 13.4 Å². The van der Waals surface area contributed by atoms with Crippen LogP contribution in [0.25, 0.3) is 18.2 Å². The molecule has 0 aliphatic rings. The standard InChI is InChI=1S/C17H16O/c1-18-14-13-17-10-6-5-9-16(17)12-11-15-7-3-2-4-8-15/h2-14H,1H3/b12-11+,14-13+. The van der Waals surface area contributed by atoms with Gasteiger partial charge in [-0.2, -0.15) is 0 Å². The molecule has 0 radical (unpaired) electrons. The minimum Gasteiger partial charge on any atom is -0.504 e. The normalized spacial score (nSPS) is 11.2. The summed E-state index contributed by atoms with van der Waals surface area (Å²) in [4.78, 5) is 0. The number of benzene rings is 2.